The van der Waals surface area contributed by atoms with Gasteiger partial charge in [-0.15, -0.1) is 0 Å². The van der Waals surface area contributed by atoms with E-state index in [9.17, 15) is 14.7 Å². The van der Waals surface area contributed by atoms with E-state index in [0.717, 1.165) is 19.3 Å². The summed E-state index contributed by atoms with van der Waals surface area (Å²) in [6.07, 6.45) is 5.84. The highest BCUT2D eigenvalue weighted by Crippen LogP contribution is 2.24. The summed E-state index contributed by atoms with van der Waals surface area (Å²) in [4.78, 5) is 19.1. The van der Waals surface area contributed by atoms with Gasteiger partial charge in [0.1, 0.15) is 0 Å². The van der Waals surface area contributed by atoms with Crippen LogP contribution in [0.3, 0.4) is 0 Å². The molecular formula is C17H19NO5. The molecule has 4 N–H and O–H groups in total. The summed E-state index contributed by atoms with van der Waals surface area (Å²) in [7, 11) is 0. The predicted molar refractivity (Wildman–Crippen MR) is 84.8 cm³/mol. The second kappa shape index (κ2) is 7.60. The van der Waals surface area contributed by atoms with Crippen LogP contribution in [0.4, 0.5) is 0 Å². The lowest BCUT2D eigenvalue weighted by Crippen LogP contribution is -2.45. The molecule has 23 heavy (non-hydrogen) atoms. The van der Waals surface area contributed by atoms with Crippen molar-refractivity contribution in [1.29, 1.82) is 0 Å². The van der Waals surface area contributed by atoms with E-state index in [2.05, 4.69) is 35.8 Å². The van der Waals surface area contributed by atoms with Crippen molar-refractivity contribution in [3.63, 3.8) is 0 Å². The molecule has 0 radical (unpaired) electrons. The van der Waals surface area contributed by atoms with Gasteiger partial charge in [-0.05, 0) is 35.3 Å². The third-order valence-electron chi connectivity index (χ3n) is 3.78. The lowest BCUT2D eigenvalue weighted by atomic mass is 9.85. The Morgan fingerprint density at radius 2 is 1.74 bits per heavy atom. The van der Waals surface area contributed by atoms with E-state index in [0.29, 0.717) is 18.2 Å². The quantitative estimate of drug-likeness (QED) is 0.563. The molecule has 0 amide bonds. The number of aliphatic carboxylic acids is 2. The minimum Gasteiger partial charge on any atom is -0.478 e. The molecule has 1 aliphatic carbocycles. The summed E-state index contributed by atoms with van der Waals surface area (Å²) >= 11 is 0. The minimum atomic E-state index is -1.26. The zero-order valence-corrected chi connectivity index (χ0v) is 12.5. The van der Waals surface area contributed by atoms with Gasteiger partial charge in [-0.2, -0.15) is 0 Å². The fraction of sp³-hybridized carbons (Fsp3) is 0.294. The molecule has 6 nitrogen and oxygen atoms in total. The van der Waals surface area contributed by atoms with Crippen LogP contribution in [0, 0.1) is 0 Å². The second-order valence-corrected chi connectivity index (χ2v) is 5.42. The van der Waals surface area contributed by atoms with Crippen molar-refractivity contribution < 1.29 is 24.9 Å². The summed E-state index contributed by atoms with van der Waals surface area (Å²) in [5.41, 5.74) is 1.38. The van der Waals surface area contributed by atoms with Gasteiger partial charge in [0.25, 0.3) is 0 Å². The summed E-state index contributed by atoms with van der Waals surface area (Å²) < 4.78 is 0. The van der Waals surface area contributed by atoms with Crippen molar-refractivity contribution in [2.75, 3.05) is 0 Å². The van der Waals surface area contributed by atoms with E-state index in [1.54, 1.807) is 0 Å². The Balaban J connectivity index is 0.000000207. The number of fused-ring (bicyclic) bond motifs is 2. The average Bonchev–Trinajstić information content (AvgIpc) is 2.53. The van der Waals surface area contributed by atoms with Crippen LogP contribution in [0.2, 0.25) is 0 Å². The molecule has 6 heteroatoms. The Labute approximate surface area is 133 Å². The first-order chi connectivity index (χ1) is 11.0. The van der Waals surface area contributed by atoms with Gasteiger partial charge < -0.3 is 20.6 Å². The van der Waals surface area contributed by atoms with Gasteiger partial charge in [0.2, 0.25) is 0 Å². The number of aliphatic hydroxyl groups excluding tert-OH is 1. The highest BCUT2D eigenvalue weighted by atomic mass is 16.4. The maximum atomic E-state index is 9.71. The zero-order chi connectivity index (χ0) is 16.8. The maximum absolute atomic E-state index is 9.71. The molecule has 1 aromatic rings. The van der Waals surface area contributed by atoms with Crippen molar-refractivity contribution in [1.82, 2.24) is 5.32 Å². The summed E-state index contributed by atoms with van der Waals surface area (Å²) in [5, 5.41) is 31.3. The SMILES string of the molecule is O=C(O)/C=C\C(=O)O.OC1CCC2NC=c3ccccc3=C2C1. The minimum absolute atomic E-state index is 0.149. The Hall–Kier alpha value is -2.60. The van der Waals surface area contributed by atoms with E-state index in [-0.39, 0.29) is 6.10 Å². The molecule has 1 saturated carbocycles. The normalized spacial score (nSPS) is 21.9. The largest absolute Gasteiger partial charge is 0.478 e. The van der Waals surface area contributed by atoms with E-state index < -0.39 is 11.9 Å². The van der Waals surface area contributed by atoms with Crippen LogP contribution >= 0.6 is 0 Å². The van der Waals surface area contributed by atoms with Gasteiger partial charge >= 0.3 is 11.9 Å². The van der Waals surface area contributed by atoms with Crippen LogP contribution in [-0.2, 0) is 9.59 Å². The van der Waals surface area contributed by atoms with Gasteiger partial charge in [0.05, 0.1) is 6.10 Å². The third kappa shape index (κ3) is 4.69. The molecule has 1 aliphatic heterocycles. The molecule has 2 aliphatic rings. The molecule has 1 heterocycles. The molecule has 3 rings (SSSR count). The molecule has 0 spiro atoms. The lowest BCUT2D eigenvalue weighted by Gasteiger charge is -2.31. The Morgan fingerprint density at radius 1 is 1.09 bits per heavy atom. The molecule has 1 fully saturated rings. The summed E-state index contributed by atoms with van der Waals surface area (Å²) in [6.45, 7) is 0. The van der Waals surface area contributed by atoms with Gasteiger partial charge in [-0.25, -0.2) is 9.59 Å². The Kier molecular flexibility index (Phi) is 5.54. The number of nitrogens with one attached hydrogen (secondary N) is 1. The first kappa shape index (κ1) is 16.8. The van der Waals surface area contributed by atoms with Crippen molar-refractivity contribution in [2.24, 2.45) is 0 Å². The fourth-order valence-corrected chi connectivity index (χ4v) is 2.76. The van der Waals surface area contributed by atoms with Crippen LogP contribution in [0.15, 0.2) is 36.4 Å². The van der Waals surface area contributed by atoms with E-state index >= 15 is 0 Å². The predicted octanol–water partition coefficient (Wildman–Crippen LogP) is -0.196. The number of carboxylic acids is 2. The van der Waals surface area contributed by atoms with Gasteiger partial charge in [0.15, 0.2) is 0 Å². The number of hydrogen-bond donors (Lipinski definition) is 4. The molecular weight excluding hydrogens is 298 g/mol. The molecule has 122 valence electrons. The average molecular weight is 317 g/mol. The van der Waals surface area contributed by atoms with Gasteiger partial charge in [-0.1, -0.05) is 24.3 Å². The first-order valence-corrected chi connectivity index (χ1v) is 7.33. The summed E-state index contributed by atoms with van der Waals surface area (Å²) in [6, 6.07) is 8.85. The van der Waals surface area contributed by atoms with E-state index in [4.69, 9.17) is 10.2 Å². The van der Waals surface area contributed by atoms with E-state index in [1.165, 1.54) is 16.0 Å². The monoisotopic (exact) mass is 317 g/mol. The molecule has 0 bridgehead atoms. The molecule has 2 atom stereocenters. The van der Waals surface area contributed by atoms with Crippen molar-refractivity contribution >= 4 is 23.7 Å². The van der Waals surface area contributed by atoms with Gasteiger partial charge in [0, 0.05) is 24.4 Å². The summed E-state index contributed by atoms with van der Waals surface area (Å²) in [5.74, 6) is -2.51. The van der Waals surface area contributed by atoms with Crippen molar-refractivity contribution in [3.8, 4) is 0 Å². The third-order valence-corrected chi connectivity index (χ3v) is 3.78. The Morgan fingerprint density at radius 3 is 2.39 bits per heavy atom. The number of benzene rings is 1. The number of carboxylic acid groups (broad SMARTS) is 2. The fourth-order valence-electron chi connectivity index (χ4n) is 2.76. The molecule has 2 unspecified atom stereocenters. The Bertz CT molecular complexity index is 722. The van der Waals surface area contributed by atoms with Crippen LogP contribution in [0.1, 0.15) is 19.3 Å². The van der Waals surface area contributed by atoms with Crippen LogP contribution in [0.5, 0.6) is 0 Å². The van der Waals surface area contributed by atoms with E-state index in [1.807, 2.05) is 0 Å². The van der Waals surface area contributed by atoms with Gasteiger partial charge in [-0.3, -0.25) is 0 Å². The van der Waals surface area contributed by atoms with Crippen molar-refractivity contribution in [3.05, 3.63) is 46.9 Å². The lowest BCUT2D eigenvalue weighted by molar-refractivity contribution is -0.134. The standard InChI is InChI=1S/C13H15NO.C4H4O4/c15-10-5-6-13-12(7-10)11-4-2-1-3-9(11)8-14-13;5-3(6)1-2-4(7)8/h1-4,8,10,13-15H,5-7H2;1-2H,(H,5,6)(H,7,8)/b;2-1-. The molecule has 0 saturated heterocycles. The van der Waals surface area contributed by atoms with Crippen LogP contribution in [0.25, 0.3) is 11.8 Å². The van der Waals surface area contributed by atoms with Crippen LogP contribution in [-0.4, -0.2) is 39.4 Å². The first-order valence-electron chi connectivity index (χ1n) is 7.33. The molecule has 0 aromatic heterocycles. The number of aliphatic hydroxyl groups is 1. The number of rotatable bonds is 2. The second-order valence-electron chi connectivity index (χ2n) is 5.42. The highest BCUT2D eigenvalue weighted by molar-refractivity contribution is 5.89. The smallest absolute Gasteiger partial charge is 0.328 e. The number of hydrogen-bond acceptors (Lipinski definition) is 4. The highest BCUT2D eigenvalue weighted by Gasteiger charge is 2.25. The van der Waals surface area contributed by atoms with Crippen LogP contribution < -0.4 is 15.8 Å². The zero-order valence-electron chi connectivity index (χ0n) is 12.5. The van der Waals surface area contributed by atoms with Crippen molar-refractivity contribution in [2.45, 2.75) is 31.4 Å². The maximum Gasteiger partial charge on any atom is 0.328 e. The topological polar surface area (TPSA) is 107 Å². The number of carbonyl (C=O) groups is 2. The molecule has 1 aromatic carbocycles.